The summed E-state index contributed by atoms with van der Waals surface area (Å²) in [5, 5.41) is 2.58. The molecule has 1 aromatic heterocycles. The van der Waals surface area contributed by atoms with E-state index in [4.69, 9.17) is 4.74 Å². The molecule has 0 saturated heterocycles. The monoisotopic (exact) mass is 338 g/mol. The Morgan fingerprint density at radius 1 is 0.846 bits per heavy atom. The first kappa shape index (κ1) is 15.2. The van der Waals surface area contributed by atoms with Crippen molar-refractivity contribution in [3.63, 3.8) is 0 Å². The van der Waals surface area contributed by atoms with Gasteiger partial charge in [-0.3, -0.25) is 0 Å². The zero-order valence-corrected chi connectivity index (χ0v) is 14.8. The van der Waals surface area contributed by atoms with Crippen LogP contribution in [0.2, 0.25) is 0 Å². The van der Waals surface area contributed by atoms with Gasteiger partial charge in [-0.2, -0.15) is 4.57 Å². The number of aromatic nitrogens is 1. The zero-order chi connectivity index (χ0) is 17.5. The second kappa shape index (κ2) is 5.99. The molecule has 1 aliphatic heterocycles. The molecule has 2 heteroatoms. The molecule has 0 radical (unpaired) electrons. The van der Waals surface area contributed by atoms with Gasteiger partial charge in [-0.15, -0.1) is 0 Å². The molecule has 0 saturated carbocycles. The van der Waals surface area contributed by atoms with E-state index in [0.29, 0.717) is 0 Å². The average molecular weight is 338 g/mol. The first-order valence-electron chi connectivity index (χ1n) is 9.03. The third-order valence-corrected chi connectivity index (χ3v) is 5.31. The number of ether oxygens (including phenoxy) is 1. The molecule has 0 fully saturated rings. The highest BCUT2D eigenvalue weighted by Crippen LogP contribution is 2.34. The molecular weight excluding hydrogens is 318 g/mol. The van der Waals surface area contributed by atoms with Crippen molar-refractivity contribution in [2.75, 3.05) is 7.11 Å². The Morgan fingerprint density at radius 2 is 1.69 bits per heavy atom. The first-order chi connectivity index (χ1) is 12.8. The van der Waals surface area contributed by atoms with Crippen molar-refractivity contribution in [3.05, 3.63) is 84.4 Å². The van der Waals surface area contributed by atoms with Crippen LogP contribution in [0.4, 0.5) is 0 Å². The van der Waals surface area contributed by atoms with Gasteiger partial charge in [-0.1, -0.05) is 42.5 Å². The van der Waals surface area contributed by atoms with Crippen LogP contribution in [-0.2, 0) is 13.0 Å². The Morgan fingerprint density at radius 3 is 2.62 bits per heavy atom. The van der Waals surface area contributed by atoms with E-state index in [-0.39, 0.29) is 0 Å². The van der Waals surface area contributed by atoms with Gasteiger partial charge in [-0.25, -0.2) is 0 Å². The molecule has 0 atom stereocenters. The van der Waals surface area contributed by atoms with Gasteiger partial charge < -0.3 is 4.74 Å². The quantitative estimate of drug-likeness (QED) is 0.467. The summed E-state index contributed by atoms with van der Waals surface area (Å²) < 4.78 is 7.93. The molecule has 2 heterocycles. The Hall–Kier alpha value is -3.13. The number of hydrogen-bond acceptors (Lipinski definition) is 1. The minimum Gasteiger partial charge on any atom is -0.497 e. The van der Waals surface area contributed by atoms with E-state index >= 15 is 0 Å². The maximum atomic E-state index is 5.45. The Balaban J connectivity index is 1.87. The van der Waals surface area contributed by atoms with Crippen LogP contribution >= 0.6 is 0 Å². The number of hydrogen-bond donors (Lipinski definition) is 0. The van der Waals surface area contributed by atoms with Crippen LogP contribution < -0.4 is 9.30 Å². The minimum absolute atomic E-state index is 0.890. The molecule has 2 nitrogen and oxygen atoms in total. The highest BCUT2D eigenvalue weighted by Gasteiger charge is 2.29. The lowest BCUT2D eigenvalue weighted by atomic mass is 9.92. The molecule has 126 valence electrons. The summed E-state index contributed by atoms with van der Waals surface area (Å²) in [5.41, 5.74) is 6.53. The van der Waals surface area contributed by atoms with Gasteiger partial charge in [0.15, 0.2) is 6.54 Å². The summed E-state index contributed by atoms with van der Waals surface area (Å²) in [5.74, 6) is 0.890. The highest BCUT2D eigenvalue weighted by molar-refractivity contribution is 5.95. The fourth-order valence-corrected chi connectivity index (χ4v) is 4.08. The smallest absolute Gasteiger partial charge is 0.221 e. The van der Waals surface area contributed by atoms with Crippen LogP contribution in [-0.4, -0.2) is 7.11 Å². The van der Waals surface area contributed by atoms with E-state index in [1.165, 1.54) is 38.9 Å². The zero-order valence-electron chi connectivity index (χ0n) is 14.8. The maximum Gasteiger partial charge on any atom is 0.221 e. The summed E-state index contributed by atoms with van der Waals surface area (Å²) in [6, 6.07) is 28.1. The van der Waals surface area contributed by atoms with E-state index in [1.54, 1.807) is 7.11 Å². The predicted molar refractivity (Wildman–Crippen MR) is 105 cm³/mol. The second-order valence-corrected chi connectivity index (χ2v) is 6.76. The van der Waals surface area contributed by atoms with Crippen molar-refractivity contribution in [2.24, 2.45) is 0 Å². The molecule has 0 unspecified atom stereocenters. The summed E-state index contributed by atoms with van der Waals surface area (Å²) in [7, 11) is 1.72. The second-order valence-electron chi connectivity index (χ2n) is 6.76. The van der Waals surface area contributed by atoms with Crippen LogP contribution in [0.5, 0.6) is 5.75 Å². The summed E-state index contributed by atoms with van der Waals surface area (Å²) in [4.78, 5) is 0. The van der Waals surface area contributed by atoms with Crippen LogP contribution in [0, 0.1) is 0 Å². The lowest BCUT2D eigenvalue weighted by molar-refractivity contribution is -0.675. The Kier molecular flexibility index (Phi) is 3.49. The number of methoxy groups -OCH3 is 1. The van der Waals surface area contributed by atoms with E-state index in [1.807, 2.05) is 6.07 Å². The molecule has 4 aromatic rings. The molecule has 0 spiro atoms. The summed E-state index contributed by atoms with van der Waals surface area (Å²) in [6.45, 7) is 0.990. The van der Waals surface area contributed by atoms with Crippen molar-refractivity contribution in [1.29, 1.82) is 0 Å². The van der Waals surface area contributed by atoms with Gasteiger partial charge in [0.1, 0.15) is 5.75 Å². The van der Waals surface area contributed by atoms with Crippen molar-refractivity contribution in [2.45, 2.75) is 13.0 Å². The SMILES string of the molecule is COc1cccc(-c2cc3ccccc3c3[n+]2CCc2ccccc2-3)c1. The summed E-state index contributed by atoms with van der Waals surface area (Å²) in [6.07, 6.45) is 1.06. The van der Waals surface area contributed by atoms with Crippen LogP contribution in [0.25, 0.3) is 33.3 Å². The van der Waals surface area contributed by atoms with E-state index in [9.17, 15) is 0 Å². The van der Waals surface area contributed by atoms with Gasteiger partial charge in [0.05, 0.1) is 18.1 Å². The Bertz CT molecular complexity index is 1130. The minimum atomic E-state index is 0.890. The van der Waals surface area contributed by atoms with Gasteiger partial charge in [0, 0.05) is 18.1 Å². The fourth-order valence-electron chi connectivity index (χ4n) is 4.08. The number of aryl methyl sites for hydroxylation is 1. The molecule has 1 aliphatic rings. The van der Waals surface area contributed by atoms with Gasteiger partial charge in [0.25, 0.3) is 0 Å². The van der Waals surface area contributed by atoms with Gasteiger partial charge >= 0.3 is 0 Å². The van der Waals surface area contributed by atoms with Gasteiger partial charge in [0.2, 0.25) is 11.4 Å². The number of nitrogens with zero attached hydrogens (tertiary/aromatic N) is 1. The van der Waals surface area contributed by atoms with Gasteiger partial charge in [-0.05, 0) is 41.3 Å². The van der Waals surface area contributed by atoms with Crippen molar-refractivity contribution in [1.82, 2.24) is 0 Å². The van der Waals surface area contributed by atoms with E-state index < -0.39 is 0 Å². The maximum absolute atomic E-state index is 5.45. The third-order valence-electron chi connectivity index (χ3n) is 5.31. The van der Waals surface area contributed by atoms with Crippen molar-refractivity contribution >= 4 is 10.8 Å². The predicted octanol–water partition coefficient (Wildman–Crippen LogP) is 5.03. The Labute approximate surface area is 153 Å². The molecular formula is C24H20NO+. The number of rotatable bonds is 2. The summed E-state index contributed by atoms with van der Waals surface area (Å²) >= 11 is 0. The molecule has 5 rings (SSSR count). The number of benzene rings is 3. The highest BCUT2D eigenvalue weighted by atomic mass is 16.5. The largest absolute Gasteiger partial charge is 0.497 e. The first-order valence-corrected chi connectivity index (χ1v) is 9.03. The average Bonchev–Trinajstić information content (AvgIpc) is 2.72. The topological polar surface area (TPSA) is 13.1 Å². The lowest BCUT2D eigenvalue weighted by Crippen LogP contribution is -2.42. The third kappa shape index (κ3) is 2.30. The molecule has 0 amide bonds. The van der Waals surface area contributed by atoms with E-state index in [0.717, 1.165) is 18.7 Å². The molecule has 0 bridgehead atoms. The van der Waals surface area contributed by atoms with E-state index in [2.05, 4.69) is 77.4 Å². The molecule has 0 aliphatic carbocycles. The molecule has 26 heavy (non-hydrogen) atoms. The molecule has 3 aromatic carbocycles. The fraction of sp³-hybridized carbons (Fsp3) is 0.125. The standard InChI is InChI=1S/C24H20NO/c1-26-20-10-6-9-19(15-20)23-16-18-8-3-5-12-22(18)24-21-11-4-2-7-17(21)13-14-25(23)24/h2-12,15-16H,13-14H2,1H3/q+1. The number of fused-ring (bicyclic) bond motifs is 5. The number of pyridine rings is 1. The van der Waals surface area contributed by atoms with Crippen LogP contribution in [0.3, 0.4) is 0 Å². The van der Waals surface area contributed by atoms with Crippen molar-refractivity contribution in [3.8, 4) is 28.3 Å². The van der Waals surface area contributed by atoms with Crippen molar-refractivity contribution < 1.29 is 9.30 Å². The normalized spacial score (nSPS) is 12.5. The van der Waals surface area contributed by atoms with Crippen LogP contribution in [0.1, 0.15) is 5.56 Å². The van der Waals surface area contributed by atoms with Crippen LogP contribution in [0.15, 0.2) is 78.9 Å². The molecule has 0 N–H and O–H groups in total. The lowest BCUT2D eigenvalue weighted by Gasteiger charge is -2.19.